The van der Waals surface area contributed by atoms with Crippen LogP contribution in [0.15, 0.2) is 12.1 Å². The van der Waals surface area contributed by atoms with Gasteiger partial charge in [0.1, 0.15) is 5.75 Å². The van der Waals surface area contributed by atoms with E-state index in [9.17, 15) is 0 Å². The van der Waals surface area contributed by atoms with Crippen molar-refractivity contribution in [3.05, 3.63) is 29.0 Å². The Balaban J connectivity index is 2.73. The molecular weight excluding hydrogens is 200 g/mol. The standard InChI is InChI=1S/C13H18N2O/c1-8-4-5-11(16-3)13-12(8)9(2)10(15-13)6-7-14/h4-5,15H,6-7,14H2,1-3H3. The molecule has 3 heteroatoms. The van der Waals surface area contributed by atoms with Crippen LogP contribution in [0.25, 0.3) is 10.9 Å². The molecule has 1 heterocycles. The summed E-state index contributed by atoms with van der Waals surface area (Å²) in [4.78, 5) is 3.42. The van der Waals surface area contributed by atoms with E-state index in [1.165, 1.54) is 22.2 Å². The second-order valence-corrected chi connectivity index (χ2v) is 4.10. The number of methoxy groups -OCH3 is 1. The Bertz CT molecular complexity index is 514. The minimum Gasteiger partial charge on any atom is -0.495 e. The monoisotopic (exact) mass is 218 g/mol. The molecule has 0 saturated heterocycles. The number of benzene rings is 1. The van der Waals surface area contributed by atoms with Gasteiger partial charge in [0, 0.05) is 17.5 Å². The fourth-order valence-electron chi connectivity index (χ4n) is 2.26. The topological polar surface area (TPSA) is 51.0 Å². The second-order valence-electron chi connectivity index (χ2n) is 4.10. The van der Waals surface area contributed by atoms with Gasteiger partial charge in [-0.2, -0.15) is 0 Å². The Morgan fingerprint density at radius 2 is 2.06 bits per heavy atom. The molecule has 1 aromatic carbocycles. The van der Waals surface area contributed by atoms with E-state index in [1.807, 2.05) is 6.07 Å². The number of aromatic amines is 1. The number of hydrogen-bond donors (Lipinski definition) is 2. The molecule has 3 nitrogen and oxygen atoms in total. The Labute approximate surface area is 95.6 Å². The van der Waals surface area contributed by atoms with Crippen LogP contribution in [0.5, 0.6) is 5.75 Å². The number of aryl methyl sites for hydroxylation is 2. The van der Waals surface area contributed by atoms with Crippen molar-refractivity contribution in [2.24, 2.45) is 5.73 Å². The smallest absolute Gasteiger partial charge is 0.142 e. The average molecular weight is 218 g/mol. The van der Waals surface area contributed by atoms with Crippen LogP contribution in [0.2, 0.25) is 0 Å². The van der Waals surface area contributed by atoms with Crippen LogP contribution in [-0.2, 0) is 6.42 Å². The molecule has 0 aliphatic rings. The second kappa shape index (κ2) is 4.18. The zero-order chi connectivity index (χ0) is 11.7. The van der Waals surface area contributed by atoms with Crippen molar-refractivity contribution in [1.82, 2.24) is 4.98 Å². The molecule has 16 heavy (non-hydrogen) atoms. The first-order valence-corrected chi connectivity index (χ1v) is 5.53. The molecule has 3 N–H and O–H groups in total. The summed E-state index contributed by atoms with van der Waals surface area (Å²) in [5, 5.41) is 1.27. The van der Waals surface area contributed by atoms with Gasteiger partial charge in [0.2, 0.25) is 0 Å². The molecule has 0 fully saturated rings. The van der Waals surface area contributed by atoms with Crippen LogP contribution in [0.3, 0.4) is 0 Å². The number of nitrogens with two attached hydrogens (primary N) is 1. The van der Waals surface area contributed by atoms with Gasteiger partial charge in [-0.3, -0.25) is 0 Å². The number of ether oxygens (including phenoxy) is 1. The van der Waals surface area contributed by atoms with Crippen LogP contribution in [0.1, 0.15) is 16.8 Å². The van der Waals surface area contributed by atoms with Gasteiger partial charge in [-0.1, -0.05) is 6.07 Å². The quantitative estimate of drug-likeness (QED) is 0.830. The van der Waals surface area contributed by atoms with Gasteiger partial charge in [0.25, 0.3) is 0 Å². The molecule has 0 bridgehead atoms. The summed E-state index contributed by atoms with van der Waals surface area (Å²) in [6.45, 7) is 4.92. The van der Waals surface area contributed by atoms with Gasteiger partial charge in [-0.25, -0.2) is 0 Å². The van der Waals surface area contributed by atoms with Gasteiger partial charge in [0.05, 0.1) is 12.6 Å². The van der Waals surface area contributed by atoms with E-state index in [-0.39, 0.29) is 0 Å². The predicted octanol–water partition coefficient (Wildman–Crippen LogP) is 2.29. The number of aromatic nitrogens is 1. The number of rotatable bonds is 3. The molecule has 86 valence electrons. The highest BCUT2D eigenvalue weighted by Crippen LogP contribution is 2.31. The van der Waals surface area contributed by atoms with Crippen molar-refractivity contribution in [2.45, 2.75) is 20.3 Å². The maximum atomic E-state index is 5.61. The minimum absolute atomic E-state index is 0.662. The van der Waals surface area contributed by atoms with Gasteiger partial charge >= 0.3 is 0 Å². The molecular formula is C13H18N2O. The lowest BCUT2D eigenvalue weighted by Crippen LogP contribution is -2.03. The molecule has 0 amide bonds. The molecule has 0 atom stereocenters. The van der Waals surface area contributed by atoms with Crippen LogP contribution in [0, 0.1) is 13.8 Å². The molecule has 0 unspecified atom stereocenters. The van der Waals surface area contributed by atoms with E-state index >= 15 is 0 Å². The fourth-order valence-corrected chi connectivity index (χ4v) is 2.26. The third kappa shape index (κ3) is 1.57. The van der Waals surface area contributed by atoms with Gasteiger partial charge in [-0.15, -0.1) is 0 Å². The molecule has 0 spiro atoms. The summed E-state index contributed by atoms with van der Waals surface area (Å²) in [6.07, 6.45) is 0.878. The van der Waals surface area contributed by atoms with Crippen molar-refractivity contribution in [3.63, 3.8) is 0 Å². The lowest BCUT2D eigenvalue weighted by atomic mass is 10.1. The van der Waals surface area contributed by atoms with Crippen LogP contribution >= 0.6 is 0 Å². The molecule has 1 aromatic heterocycles. The molecule has 0 aliphatic heterocycles. The highest BCUT2D eigenvalue weighted by Gasteiger charge is 2.12. The lowest BCUT2D eigenvalue weighted by molar-refractivity contribution is 0.419. The highest BCUT2D eigenvalue weighted by molar-refractivity contribution is 5.92. The minimum atomic E-state index is 0.662. The van der Waals surface area contributed by atoms with Crippen molar-refractivity contribution in [2.75, 3.05) is 13.7 Å². The number of fused-ring (bicyclic) bond motifs is 1. The van der Waals surface area contributed by atoms with Crippen LogP contribution in [-0.4, -0.2) is 18.6 Å². The zero-order valence-corrected chi connectivity index (χ0v) is 10.1. The lowest BCUT2D eigenvalue weighted by Gasteiger charge is -2.03. The molecule has 2 aromatic rings. The number of H-pyrrole nitrogens is 1. The Kier molecular flexibility index (Phi) is 2.88. The SMILES string of the molecule is COc1ccc(C)c2c(C)c(CCN)[nH]c12. The average Bonchev–Trinajstić information content (AvgIpc) is 2.59. The van der Waals surface area contributed by atoms with Crippen molar-refractivity contribution >= 4 is 10.9 Å². The Morgan fingerprint density at radius 1 is 1.31 bits per heavy atom. The Morgan fingerprint density at radius 3 is 2.69 bits per heavy atom. The summed E-state index contributed by atoms with van der Waals surface area (Å²) in [6, 6.07) is 4.09. The van der Waals surface area contributed by atoms with E-state index in [4.69, 9.17) is 10.5 Å². The van der Waals surface area contributed by atoms with Crippen LogP contribution in [0.4, 0.5) is 0 Å². The molecule has 0 aliphatic carbocycles. The first-order valence-electron chi connectivity index (χ1n) is 5.53. The zero-order valence-electron chi connectivity index (χ0n) is 10.1. The third-order valence-corrected chi connectivity index (χ3v) is 3.09. The molecule has 0 saturated carbocycles. The predicted molar refractivity (Wildman–Crippen MR) is 67.1 cm³/mol. The first kappa shape index (κ1) is 11.0. The summed E-state index contributed by atoms with van der Waals surface area (Å²) in [5.74, 6) is 0.895. The van der Waals surface area contributed by atoms with E-state index < -0.39 is 0 Å². The van der Waals surface area contributed by atoms with Gasteiger partial charge < -0.3 is 15.5 Å². The highest BCUT2D eigenvalue weighted by atomic mass is 16.5. The third-order valence-electron chi connectivity index (χ3n) is 3.09. The number of nitrogens with one attached hydrogen (secondary N) is 1. The summed E-state index contributed by atoms with van der Waals surface area (Å²) >= 11 is 0. The van der Waals surface area contributed by atoms with Crippen molar-refractivity contribution in [1.29, 1.82) is 0 Å². The summed E-state index contributed by atoms with van der Waals surface area (Å²) in [7, 11) is 1.70. The maximum Gasteiger partial charge on any atom is 0.142 e. The van der Waals surface area contributed by atoms with Crippen molar-refractivity contribution in [3.8, 4) is 5.75 Å². The normalized spacial score (nSPS) is 11.0. The number of hydrogen-bond acceptors (Lipinski definition) is 2. The van der Waals surface area contributed by atoms with E-state index in [0.717, 1.165) is 17.7 Å². The summed E-state index contributed by atoms with van der Waals surface area (Å²) < 4.78 is 5.37. The van der Waals surface area contributed by atoms with Gasteiger partial charge in [-0.05, 0) is 37.6 Å². The largest absolute Gasteiger partial charge is 0.495 e. The Hall–Kier alpha value is -1.48. The maximum absolute atomic E-state index is 5.61. The van der Waals surface area contributed by atoms with E-state index in [0.29, 0.717) is 6.54 Å². The fraction of sp³-hybridized carbons (Fsp3) is 0.385. The molecule has 2 rings (SSSR count). The van der Waals surface area contributed by atoms with E-state index in [1.54, 1.807) is 7.11 Å². The van der Waals surface area contributed by atoms with E-state index in [2.05, 4.69) is 24.9 Å². The summed E-state index contributed by atoms with van der Waals surface area (Å²) in [5.41, 5.74) is 10.5. The van der Waals surface area contributed by atoms with Crippen molar-refractivity contribution < 1.29 is 4.74 Å². The first-order chi connectivity index (χ1) is 7.69. The van der Waals surface area contributed by atoms with Gasteiger partial charge in [0.15, 0.2) is 0 Å². The van der Waals surface area contributed by atoms with Crippen LogP contribution < -0.4 is 10.5 Å². The molecule has 0 radical (unpaired) electrons.